The second-order valence-corrected chi connectivity index (χ2v) is 4.04. The van der Waals surface area contributed by atoms with E-state index in [1.807, 2.05) is 26.0 Å². The monoisotopic (exact) mass is 236 g/mol. The molecule has 0 fully saturated rings. The number of carbonyl (C=O) groups is 1. The zero-order valence-electron chi connectivity index (χ0n) is 10.4. The molecule has 1 unspecified atom stereocenters. The van der Waals surface area contributed by atoms with Crippen LogP contribution in [0, 0.1) is 0 Å². The van der Waals surface area contributed by atoms with Crippen molar-refractivity contribution in [3.05, 3.63) is 29.8 Å². The lowest BCUT2D eigenvalue weighted by Gasteiger charge is -2.14. The van der Waals surface area contributed by atoms with Crippen molar-refractivity contribution in [3.63, 3.8) is 0 Å². The summed E-state index contributed by atoms with van der Waals surface area (Å²) < 4.78 is 0. The first-order valence-corrected chi connectivity index (χ1v) is 5.92. The number of carbonyl (C=O) groups excluding carboxylic acids is 1. The summed E-state index contributed by atoms with van der Waals surface area (Å²) in [5, 5.41) is 15.1. The number of phenols is 1. The fraction of sp³-hybridized carbons (Fsp3) is 0.462. The van der Waals surface area contributed by atoms with Crippen molar-refractivity contribution >= 4 is 5.91 Å². The van der Waals surface area contributed by atoms with Crippen molar-refractivity contribution < 1.29 is 9.90 Å². The highest BCUT2D eigenvalue weighted by molar-refractivity contribution is 5.77. The van der Waals surface area contributed by atoms with Crippen molar-refractivity contribution in [1.29, 1.82) is 0 Å². The molecule has 4 heteroatoms. The highest BCUT2D eigenvalue weighted by Crippen LogP contribution is 2.15. The molecule has 0 spiro atoms. The highest BCUT2D eigenvalue weighted by atomic mass is 16.3. The maximum Gasteiger partial charge on any atom is 0.233 e. The molecule has 0 saturated heterocycles. The molecule has 17 heavy (non-hydrogen) atoms. The predicted octanol–water partition coefficient (Wildman–Crippen LogP) is 1.57. The van der Waals surface area contributed by atoms with Gasteiger partial charge in [0.2, 0.25) is 5.91 Å². The van der Waals surface area contributed by atoms with Gasteiger partial charge >= 0.3 is 0 Å². The smallest absolute Gasteiger partial charge is 0.233 e. The van der Waals surface area contributed by atoms with E-state index in [2.05, 4.69) is 10.6 Å². The summed E-state index contributed by atoms with van der Waals surface area (Å²) in [5.74, 6) is 0.263. The number of rotatable bonds is 6. The Bertz CT molecular complexity index is 349. The van der Waals surface area contributed by atoms with Gasteiger partial charge in [-0.2, -0.15) is 0 Å². The number of aromatic hydroxyl groups is 1. The third-order valence-corrected chi connectivity index (χ3v) is 2.53. The molecule has 1 aromatic carbocycles. The molecule has 0 aliphatic rings. The third kappa shape index (κ3) is 4.87. The van der Waals surface area contributed by atoms with Gasteiger partial charge in [0.1, 0.15) is 5.75 Å². The van der Waals surface area contributed by atoms with Gasteiger partial charge in [0.05, 0.1) is 6.54 Å². The largest absolute Gasteiger partial charge is 0.508 e. The van der Waals surface area contributed by atoms with E-state index >= 15 is 0 Å². The molecule has 0 aliphatic heterocycles. The van der Waals surface area contributed by atoms with Crippen LogP contribution in [-0.2, 0) is 4.79 Å². The SMILES string of the molecule is CCCNC(=O)CNC(C)c1ccc(O)cc1. The van der Waals surface area contributed by atoms with Gasteiger partial charge in [-0.05, 0) is 31.0 Å². The molecule has 0 radical (unpaired) electrons. The lowest BCUT2D eigenvalue weighted by Crippen LogP contribution is -2.35. The molecule has 3 N–H and O–H groups in total. The Morgan fingerprint density at radius 3 is 2.59 bits per heavy atom. The van der Waals surface area contributed by atoms with E-state index < -0.39 is 0 Å². The molecular weight excluding hydrogens is 216 g/mol. The summed E-state index contributed by atoms with van der Waals surface area (Å²) in [6.07, 6.45) is 0.944. The third-order valence-electron chi connectivity index (χ3n) is 2.53. The van der Waals surface area contributed by atoms with E-state index in [4.69, 9.17) is 5.11 Å². The van der Waals surface area contributed by atoms with Crippen LogP contribution in [0.15, 0.2) is 24.3 Å². The van der Waals surface area contributed by atoms with Crippen LogP contribution in [0.25, 0.3) is 0 Å². The quantitative estimate of drug-likeness (QED) is 0.702. The molecule has 1 aromatic rings. The van der Waals surface area contributed by atoms with Crippen molar-refractivity contribution in [2.75, 3.05) is 13.1 Å². The maximum atomic E-state index is 11.4. The highest BCUT2D eigenvalue weighted by Gasteiger charge is 2.06. The maximum absolute atomic E-state index is 11.4. The van der Waals surface area contributed by atoms with Crippen LogP contribution in [0.2, 0.25) is 0 Å². The standard InChI is InChI=1S/C13H20N2O2/c1-3-8-14-13(17)9-15-10(2)11-4-6-12(16)7-5-11/h4-7,10,15-16H,3,8-9H2,1-2H3,(H,14,17). The predicted molar refractivity (Wildman–Crippen MR) is 67.8 cm³/mol. The first-order valence-electron chi connectivity index (χ1n) is 5.92. The fourth-order valence-corrected chi connectivity index (χ4v) is 1.45. The van der Waals surface area contributed by atoms with Crippen LogP contribution in [0.1, 0.15) is 31.9 Å². The van der Waals surface area contributed by atoms with Crippen molar-refractivity contribution in [2.45, 2.75) is 26.3 Å². The normalized spacial score (nSPS) is 12.1. The number of nitrogens with one attached hydrogen (secondary N) is 2. The minimum atomic E-state index is 0.0116. The molecule has 0 aromatic heterocycles. The molecule has 4 nitrogen and oxygen atoms in total. The Morgan fingerprint density at radius 2 is 2.00 bits per heavy atom. The Morgan fingerprint density at radius 1 is 1.35 bits per heavy atom. The van der Waals surface area contributed by atoms with Gasteiger partial charge in [-0.3, -0.25) is 4.79 Å². The minimum absolute atomic E-state index is 0.0116. The van der Waals surface area contributed by atoms with Crippen LogP contribution >= 0.6 is 0 Å². The molecule has 94 valence electrons. The fourth-order valence-electron chi connectivity index (χ4n) is 1.45. The van der Waals surface area contributed by atoms with Crippen LogP contribution in [-0.4, -0.2) is 24.1 Å². The summed E-state index contributed by atoms with van der Waals surface area (Å²) >= 11 is 0. The van der Waals surface area contributed by atoms with Crippen LogP contribution in [0.3, 0.4) is 0 Å². The first kappa shape index (κ1) is 13.5. The Labute approximate surface area is 102 Å². The first-order chi connectivity index (χ1) is 8.13. The van der Waals surface area contributed by atoms with Gasteiger partial charge in [0, 0.05) is 12.6 Å². The van der Waals surface area contributed by atoms with Gasteiger partial charge in [-0.15, -0.1) is 0 Å². The van der Waals surface area contributed by atoms with E-state index in [-0.39, 0.29) is 17.7 Å². The molecule has 1 rings (SSSR count). The van der Waals surface area contributed by atoms with Crippen molar-refractivity contribution in [2.24, 2.45) is 0 Å². The molecule has 0 aliphatic carbocycles. The van der Waals surface area contributed by atoms with Crippen LogP contribution < -0.4 is 10.6 Å². The summed E-state index contributed by atoms with van der Waals surface area (Å²) in [6, 6.07) is 7.06. The molecule has 0 heterocycles. The van der Waals surface area contributed by atoms with Gasteiger partial charge in [0.15, 0.2) is 0 Å². The Kier molecular flexibility index (Phi) is 5.49. The molecule has 0 bridgehead atoms. The van der Waals surface area contributed by atoms with Gasteiger partial charge in [-0.1, -0.05) is 19.1 Å². The zero-order chi connectivity index (χ0) is 12.7. The average molecular weight is 236 g/mol. The van der Waals surface area contributed by atoms with Crippen molar-refractivity contribution in [1.82, 2.24) is 10.6 Å². The zero-order valence-corrected chi connectivity index (χ0v) is 10.4. The van der Waals surface area contributed by atoms with Crippen LogP contribution in [0.5, 0.6) is 5.75 Å². The van der Waals surface area contributed by atoms with Gasteiger partial charge in [0.25, 0.3) is 0 Å². The average Bonchev–Trinajstić information content (AvgIpc) is 2.34. The Hall–Kier alpha value is -1.55. The molecule has 0 saturated carbocycles. The van der Waals surface area contributed by atoms with E-state index in [1.54, 1.807) is 12.1 Å². The topological polar surface area (TPSA) is 61.4 Å². The number of phenolic OH excluding ortho intramolecular Hbond substituents is 1. The van der Waals surface area contributed by atoms with E-state index in [0.717, 1.165) is 12.0 Å². The molecule has 1 atom stereocenters. The van der Waals surface area contributed by atoms with E-state index in [0.29, 0.717) is 13.1 Å². The molecular formula is C13H20N2O2. The van der Waals surface area contributed by atoms with Gasteiger partial charge < -0.3 is 15.7 Å². The molecule has 1 amide bonds. The minimum Gasteiger partial charge on any atom is -0.508 e. The van der Waals surface area contributed by atoms with E-state index in [1.165, 1.54) is 0 Å². The second kappa shape index (κ2) is 6.91. The Balaban J connectivity index is 2.36. The number of benzene rings is 1. The van der Waals surface area contributed by atoms with E-state index in [9.17, 15) is 4.79 Å². The number of amides is 1. The van der Waals surface area contributed by atoms with Gasteiger partial charge in [-0.25, -0.2) is 0 Å². The lowest BCUT2D eigenvalue weighted by molar-refractivity contribution is -0.120. The summed E-state index contributed by atoms with van der Waals surface area (Å²) in [5.41, 5.74) is 1.05. The lowest BCUT2D eigenvalue weighted by atomic mass is 10.1. The number of hydrogen-bond donors (Lipinski definition) is 3. The second-order valence-electron chi connectivity index (χ2n) is 4.04. The number of hydrogen-bond acceptors (Lipinski definition) is 3. The van der Waals surface area contributed by atoms with Crippen LogP contribution in [0.4, 0.5) is 0 Å². The summed E-state index contributed by atoms with van der Waals surface area (Å²) in [4.78, 5) is 11.4. The summed E-state index contributed by atoms with van der Waals surface area (Å²) in [6.45, 7) is 5.03. The van der Waals surface area contributed by atoms with Crippen molar-refractivity contribution in [3.8, 4) is 5.75 Å². The summed E-state index contributed by atoms with van der Waals surface area (Å²) in [7, 11) is 0.